The van der Waals surface area contributed by atoms with Gasteiger partial charge in [0.15, 0.2) is 9.84 Å². The molecule has 0 fully saturated rings. The average Bonchev–Trinajstić information content (AvgIpc) is 2.26. The molecular weight excluding hydrogens is 232 g/mol. The molecule has 6 nitrogen and oxygen atoms in total. The highest BCUT2D eigenvalue weighted by Gasteiger charge is 2.26. The highest BCUT2D eigenvalue weighted by atomic mass is 32.2. The number of hydrogen-bond acceptors (Lipinski definition) is 6. The maximum absolute atomic E-state index is 11.2. The summed E-state index contributed by atoms with van der Waals surface area (Å²) in [5, 5.41) is 8.84. The lowest BCUT2D eigenvalue weighted by molar-refractivity contribution is 0.170. The van der Waals surface area contributed by atoms with Crippen LogP contribution in [0.25, 0.3) is 0 Å². The third-order valence-corrected chi connectivity index (χ3v) is 3.89. The number of aliphatic hydroxyl groups excluding tert-OH is 1. The Kier molecular flexibility index (Phi) is 3.82. The van der Waals surface area contributed by atoms with Crippen LogP contribution >= 0.6 is 0 Å². The van der Waals surface area contributed by atoms with E-state index in [0.717, 1.165) is 6.26 Å². The molecule has 0 spiro atoms. The van der Waals surface area contributed by atoms with Crippen molar-refractivity contribution in [3.8, 4) is 5.88 Å². The van der Waals surface area contributed by atoms with E-state index in [-0.39, 0.29) is 5.69 Å². The van der Waals surface area contributed by atoms with Gasteiger partial charge < -0.3 is 9.84 Å². The van der Waals surface area contributed by atoms with Crippen LogP contribution in [0.4, 0.5) is 0 Å². The molecule has 1 aromatic heterocycles. The zero-order valence-electron chi connectivity index (χ0n) is 9.28. The lowest BCUT2D eigenvalue weighted by atomic mass is 10.2. The van der Waals surface area contributed by atoms with Crippen molar-refractivity contribution in [1.82, 2.24) is 9.97 Å². The predicted molar refractivity (Wildman–Crippen MR) is 57.8 cm³/mol. The smallest absolute Gasteiger partial charge is 0.231 e. The van der Waals surface area contributed by atoms with Gasteiger partial charge in [-0.05, 0) is 6.92 Å². The summed E-state index contributed by atoms with van der Waals surface area (Å²) in [5.41, 5.74) is 0.207. The second-order valence-electron chi connectivity index (χ2n) is 3.46. The topological polar surface area (TPSA) is 89.4 Å². The maximum Gasteiger partial charge on any atom is 0.231 e. The predicted octanol–water partition coefficient (Wildman–Crippen LogP) is -0.0483. The van der Waals surface area contributed by atoms with Gasteiger partial charge in [-0.2, -0.15) is 0 Å². The fourth-order valence-corrected chi connectivity index (χ4v) is 1.67. The first-order chi connectivity index (χ1) is 7.36. The van der Waals surface area contributed by atoms with Gasteiger partial charge in [0.25, 0.3) is 0 Å². The molecule has 0 amide bonds. The molecule has 1 aromatic rings. The molecule has 0 radical (unpaired) electrons. The zero-order valence-corrected chi connectivity index (χ0v) is 10.1. The van der Waals surface area contributed by atoms with E-state index in [1.54, 1.807) is 0 Å². The molecule has 7 heteroatoms. The molecule has 1 heterocycles. The first kappa shape index (κ1) is 12.9. The van der Waals surface area contributed by atoms with Gasteiger partial charge in [0.2, 0.25) is 5.88 Å². The van der Waals surface area contributed by atoms with Crippen LogP contribution in [-0.2, 0) is 9.84 Å². The monoisotopic (exact) mass is 246 g/mol. The summed E-state index contributed by atoms with van der Waals surface area (Å²) in [5.74, 6) is 0.308. The van der Waals surface area contributed by atoms with Gasteiger partial charge in [-0.1, -0.05) is 0 Å². The van der Waals surface area contributed by atoms with Crippen molar-refractivity contribution in [2.45, 2.75) is 18.3 Å². The van der Waals surface area contributed by atoms with E-state index in [1.807, 2.05) is 0 Å². The highest BCUT2D eigenvalue weighted by molar-refractivity contribution is 7.91. The maximum atomic E-state index is 11.2. The lowest BCUT2D eigenvalue weighted by Gasteiger charge is -2.16. The molecule has 90 valence electrons. The molecule has 0 aliphatic carbocycles. The molecule has 0 aliphatic heterocycles. The summed E-state index contributed by atoms with van der Waals surface area (Å²) < 4.78 is 27.3. The second kappa shape index (κ2) is 4.75. The van der Waals surface area contributed by atoms with Crippen LogP contribution in [0.2, 0.25) is 0 Å². The van der Waals surface area contributed by atoms with Crippen molar-refractivity contribution in [2.75, 3.05) is 13.4 Å². The molecule has 0 aliphatic rings. The normalized spacial score (nSPS) is 15.5. The summed E-state index contributed by atoms with van der Waals surface area (Å²) in [4.78, 5) is 7.73. The van der Waals surface area contributed by atoms with Crippen LogP contribution < -0.4 is 4.74 Å². The van der Waals surface area contributed by atoms with E-state index in [2.05, 4.69) is 9.97 Å². The minimum atomic E-state index is -3.31. The van der Waals surface area contributed by atoms with Crippen LogP contribution in [0.3, 0.4) is 0 Å². The third-order valence-electron chi connectivity index (χ3n) is 2.28. The van der Waals surface area contributed by atoms with E-state index in [1.165, 1.54) is 26.4 Å². The molecule has 16 heavy (non-hydrogen) atoms. The van der Waals surface area contributed by atoms with Crippen LogP contribution in [0, 0.1) is 0 Å². The number of aromatic nitrogens is 2. The van der Waals surface area contributed by atoms with E-state index in [0.29, 0.717) is 5.88 Å². The molecule has 1 rings (SSSR count). The fraction of sp³-hybridized carbons (Fsp3) is 0.556. The van der Waals surface area contributed by atoms with Crippen LogP contribution in [0.5, 0.6) is 5.88 Å². The summed E-state index contributed by atoms with van der Waals surface area (Å²) >= 11 is 0. The van der Waals surface area contributed by atoms with E-state index < -0.39 is 21.2 Å². The molecule has 2 atom stereocenters. The largest absolute Gasteiger partial charge is 0.480 e. The van der Waals surface area contributed by atoms with Gasteiger partial charge in [0.1, 0.15) is 6.10 Å². The Hall–Kier alpha value is -1.21. The SMILES string of the molecule is COc1cnc([C@@H](O)[C@H](C)S(C)(=O)=O)cn1. The molecule has 0 aromatic carbocycles. The van der Waals surface area contributed by atoms with Gasteiger partial charge in [-0.15, -0.1) is 0 Å². The van der Waals surface area contributed by atoms with E-state index in [4.69, 9.17) is 4.74 Å². The lowest BCUT2D eigenvalue weighted by Crippen LogP contribution is -2.25. The fourth-order valence-electron chi connectivity index (χ4n) is 1.06. The van der Waals surface area contributed by atoms with Gasteiger partial charge in [-0.3, -0.25) is 4.98 Å². The first-order valence-corrected chi connectivity index (χ1v) is 6.54. The zero-order chi connectivity index (χ0) is 12.3. The molecular formula is C9H14N2O4S. The Morgan fingerprint density at radius 3 is 2.38 bits per heavy atom. The average molecular weight is 246 g/mol. The third kappa shape index (κ3) is 2.89. The van der Waals surface area contributed by atoms with Gasteiger partial charge in [0.05, 0.1) is 30.4 Å². The van der Waals surface area contributed by atoms with Crippen molar-refractivity contribution in [2.24, 2.45) is 0 Å². The number of ether oxygens (including phenoxy) is 1. The Morgan fingerprint density at radius 1 is 1.38 bits per heavy atom. The van der Waals surface area contributed by atoms with Crippen molar-refractivity contribution in [3.63, 3.8) is 0 Å². The quantitative estimate of drug-likeness (QED) is 0.801. The summed E-state index contributed by atoms with van der Waals surface area (Å²) in [7, 11) is -1.87. The first-order valence-electron chi connectivity index (χ1n) is 4.59. The van der Waals surface area contributed by atoms with Crippen LogP contribution in [0.1, 0.15) is 18.7 Å². The second-order valence-corrected chi connectivity index (χ2v) is 5.87. The summed E-state index contributed by atoms with van der Waals surface area (Å²) in [6, 6.07) is 0. The Bertz CT molecular complexity index is 443. The van der Waals surface area contributed by atoms with Crippen molar-refractivity contribution >= 4 is 9.84 Å². The summed E-state index contributed by atoms with van der Waals surface area (Å²) in [6.45, 7) is 1.42. The van der Waals surface area contributed by atoms with Crippen molar-refractivity contribution in [1.29, 1.82) is 0 Å². The van der Waals surface area contributed by atoms with Gasteiger partial charge >= 0.3 is 0 Å². The van der Waals surface area contributed by atoms with Crippen LogP contribution in [0.15, 0.2) is 12.4 Å². The molecule has 0 unspecified atom stereocenters. The number of sulfone groups is 1. The Labute approximate surface area is 94.2 Å². The molecule has 0 saturated heterocycles. The standard InChI is InChI=1S/C9H14N2O4S/c1-6(16(3,13)14)9(12)7-4-11-8(15-2)5-10-7/h4-6,9,12H,1-3H3/t6-,9-/m0/s1. The molecule has 0 saturated carbocycles. The minimum Gasteiger partial charge on any atom is -0.480 e. The minimum absolute atomic E-state index is 0.207. The Morgan fingerprint density at radius 2 is 2.00 bits per heavy atom. The molecule has 1 N–H and O–H groups in total. The van der Waals surface area contributed by atoms with Gasteiger partial charge in [0, 0.05) is 6.26 Å². The highest BCUT2D eigenvalue weighted by Crippen LogP contribution is 2.19. The summed E-state index contributed by atoms with van der Waals surface area (Å²) in [6.07, 6.45) is 2.50. The number of aliphatic hydroxyl groups is 1. The Balaban J connectivity index is 2.92. The van der Waals surface area contributed by atoms with E-state index >= 15 is 0 Å². The van der Waals surface area contributed by atoms with Crippen LogP contribution in [-0.4, -0.2) is 42.1 Å². The molecule has 0 bridgehead atoms. The number of hydrogen-bond donors (Lipinski definition) is 1. The van der Waals surface area contributed by atoms with Gasteiger partial charge in [-0.25, -0.2) is 13.4 Å². The number of methoxy groups -OCH3 is 1. The number of nitrogens with zero attached hydrogens (tertiary/aromatic N) is 2. The van der Waals surface area contributed by atoms with Crippen molar-refractivity contribution < 1.29 is 18.3 Å². The van der Waals surface area contributed by atoms with E-state index in [9.17, 15) is 13.5 Å². The number of rotatable bonds is 4. The van der Waals surface area contributed by atoms with Crippen molar-refractivity contribution in [3.05, 3.63) is 18.1 Å².